The van der Waals surface area contributed by atoms with Crippen molar-refractivity contribution in [2.75, 3.05) is 31.1 Å². The molecule has 2 heterocycles. The molecule has 3 rings (SSSR count). The summed E-state index contributed by atoms with van der Waals surface area (Å²) in [7, 11) is 0. The van der Waals surface area contributed by atoms with Crippen LogP contribution in [0.2, 0.25) is 0 Å². The highest BCUT2D eigenvalue weighted by atomic mass is 19.4. The summed E-state index contributed by atoms with van der Waals surface area (Å²) in [6, 6.07) is 6.61. The van der Waals surface area contributed by atoms with Crippen LogP contribution in [0.5, 0.6) is 0 Å². The minimum absolute atomic E-state index is 0.414. The van der Waals surface area contributed by atoms with Gasteiger partial charge in [-0.3, -0.25) is 4.79 Å². The number of rotatable bonds is 4. The SMILES string of the molecule is CC(NC(=O)N1C[C@@H](C(F)(F)F)[C@H](C(=O)O)C1)c1cccc(N2CCCC2)c1. The first-order valence-electron chi connectivity index (χ1n) is 9.36. The molecule has 2 aliphatic heterocycles. The highest BCUT2D eigenvalue weighted by molar-refractivity contribution is 5.78. The second kappa shape index (κ2) is 7.89. The Morgan fingerprint density at radius 2 is 1.89 bits per heavy atom. The Kier molecular flexibility index (Phi) is 5.71. The predicted octanol–water partition coefficient (Wildman–Crippen LogP) is 3.25. The lowest BCUT2D eigenvalue weighted by atomic mass is 9.96. The standard InChI is InChI=1S/C19H24F3N3O3/c1-12(13-5-4-6-14(9-13)24-7-2-3-8-24)23-18(28)25-10-15(17(26)27)16(11-25)19(20,21)22/h4-6,9,12,15-16H,2-3,7-8,10-11H2,1H3,(H,23,28)(H,26,27)/t12?,15-,16-/m1/s1. The van der Waals surface area contributed by atoms with Crippen molar-refractivity contribution in [2.24, 2.45) is 11.8 Å². The van der Waals surface area contributed by atoms with Crippen molar-refractivity contribution in [1.82, 2.24) is 10.2 Å². The number of likely N-dealkylation sites (tertiary alicyclic amines) is 1. The van der Waals surface area contributed by atoms with Gasteiger partial charge in [0.1, 0.15) is 0 Å². The van der Waals surface area contributed by atoms with Gasteiger partial charge in [-0.2, -0.15) is 13.2 Å². The molecule has 2 N–H and O–H groups in total. The maximum Gasteiger partial charge on any atom is 0.394 e. The Bertz CT molecular complexity index is 735. The van der Waals surface area contributed by atoms with Crippen LogP contribution < -0.4 is 10.2 Å². The number of carbonyl (C=O) groups excluding carboxylic acids is 1. The minimum atomic E-state index is -4.66. The summed E-state index contributed by atoms with van der Waals surface area (Å²) in [6.45, 7) is 2.62. The molecule has 0 aromatic heterocycles. The molecule has 2 saturated heterocycles. The third kappa shape index (κ3) is 4.34. The summed E-state index contributed by atoms with van der Waals surface area (Å²) in [4.78, 5) is 26.8. The molecule has 3 atom stereocenters. The van der Waals surface area contributed by atoms with E-state index in [0.29, 0.717) is 0 Å². The zero-order chi connectivity index (χ0) is 20.5. The lowest BCUT2D eigenvalue weighted by Gasteiger charge is -2.23. The number of carbonyl (C=O) groups is 2. The van der Waals surface area contributed by atoms with E-state index in [0.717, 1.165) is 42.1 Å². The Balaban J connectivity index is 1.66. The number of amides is 2. The van der Waals surface area contributed by atoms with Crippen LogP contribution in [0, 0.1) is 11.8 Å². The Hall–Kier alpha value is -2.45. The fourth-order valence-corrected chi connectivity index (χ4v) is 3.88. The third-order valence-corrected chi connectivity index (χ3v) is 5.53. The van der Waals surface area contributed by atoms with Crippen LogP contribution in [-0.2, 0) is 4.79 Å². The quantitative estimate of drug-likeness (QED) is 0.815. The van der Waals surface area contributed by atoms with Crippen molar-refractivity contribution < 1.29 is 27.9 Å². The molecule has 1 unspecified atom stereocenters. The van der Waals surface area contributed by atoms with Gasteiger partial charge in [0.15, 0.2) is 0 Å². The zero-order valence-electron chi connectivity index (χ0n) is 15.6. The number of nitrogens with zero attached hydrogens (tertiary/aromatic N) is 2. The van der Waals surface area contributed by atoms with Crippen LogP contribution in [0.4, 0.5) is 23.7 Å². The maximum absolute atomic E-state index is 13.1. The van der Waals surface area contributed by atoms with Crippen molar-refractivity contribution in [1.29, 1.82) is 0 Å². The maximum atomic E-state index is 13.1. The van der Waals surface area contributed by atoms with Crippen LogP contribution in [0.15, 0.2) is 24.3 Å². The monoisotopic (exact) mass is 399 g/mol. The molecular weight excluding hydrogens is 375 g/mol. The van der Waals surface area contributed by atoms with E-state index in [2.05, 4.69) is 10.2 Å². The summed E-state index contributed by atoms with van der Waals surface area (Å²) >= 11 is 0. The fourth-order valence-electron chi connectivity index (χ4n) is 3.88. The fraction of sp³-hybridized carbons (Fsp3) is 0.579. The van der Waals surface area contributed by atoms with E-state index in [1.807, 2.05) is 24.3 Å². The molecule has 0 bridgehead atoms. The number of urea groups is 1. The molecule has 0 spiro atoms. The lowest BCUT2D eigenvalue weighted by molar-refractivity contribution is -0.187. The molecule has 1 aromatic rings. The van der Waals surface area contributed by atoms with Gasteiger partial charge in [-0.15, -0.1) is 0 Å². The van der Waals surface area contributed by atoms with Gasteiger partial charge in [0.25, 0.3) is 0 Å². The molecule has 2 aliphatic rings. The van der Waals surface area contributed by atoms with Gasteiger partial charge < -0.3 is 20.2 Å². The molecular formula is C19H24F3N3O3. The van der Waals surface area contributed by atoms with Crippen molar-refractivity contribution in [3.8, 4) is 0 Å². The molecule has 0 radical (unpaired) electrons. The average Bonchev–Trinajstić information content (AvgIpc) is 3.31. The first-order chi connectivity index (χ1) is 13.2. The van der Waals surface area contributed by atoms with Gasteiger partial charge in [0.05, 0.1) is 17.9 Å². The zero-order valence-corrected chi connectivity index (χ0v) is 15.6. The minimum Gasteiger partial charge on any atom is -0.481 e. The molecule has 0 aliphatic carbocycles. The Morgan fingerprint density at radius 3 is 2.46 bits per heavy atom. The summed E-state index contributed by atoms with van der Waals surface area (Å²) in [5.74, 6) is -5.23. The smallest absolute Gasteiger partial charge is 0.394 e. The number of hydrogen-bond donors (Lipinski definition) is 2. The van der Waals surface area contributed by atoms with Crippen molar-refractivity contribution in [3.05, 3.63) is 29.8 Å². The number of aliphatic carboxylic acids is 1. The number of carboxylic acid groups (broad SMARTS) is 1. The van der Waals surface area contributed by atoms with Crippen molar-refractivity contribution >= 4 is 17.7 Å². The molecule has 2 fully saturated rings. The van der Waals surface area contributed by atoms with Crippen molar-refractivity contribution in [2.45, 2.75) is 32.0 Å². The van der Waals surface area contributed by atoms with E-state index in [4.69, 9.17) is 5.11 Å². The first kappa shape index (κ1) is 20.3. The first-order valence-corrected chi connectivity index (χ1v) is 9.36. The molecule has 28 heavy (non-hydrogen) atoms. The van der Waals surface area contributed by atoms with E-state index in [9.17, 15) is 22.8 Å². The molecule has 2 amide bonds. The van der Waals surface area contributed by atoms with E-state index >= 15 is 0 Å². The van der Waals surface area contributed by atoms with Gasteiger partial charge in [-0.1, -0.05) is 12.1 Å². The van der Waals surface area contributed by atoms with E-state index < -0.39 is 49.1 Å². The van der Waals surface area contributed by atoms with E-state index in [1.54, 1.807) is 6.92 Å². The topological polar surface area (TPSA) is 72.9 Å². The lowest BCUT2D eigenvalue weighted by Crippen LogP contribution is -2.40. The van der Waals surface area contributed by atoms with Crippen LogP contribution in [-0.4, -0.2) is 54.4 Å². The summed E-state index contributed by atoms with van der Waals surface area (Å²) < 4.78 is 39.3. The highest BCUT2D eigenvalue weighted by Crippen LogP contribution is 2.37. The van der Waals surface area contributed by atoms with Gasteiger partial charge in [-0.25, -0.2) is 4.79 Å². The second-order valence-corrected chi connectivity index (χ2v) is 7.46. The van der Waals surface area contributed by atoms with E-state index in [1.165, 1.54) is 0 Å². The average molecular weight is 399 g/mol. The summed E-state index contributed by atoms with van der Waals surface area (Å²) in [6.07, 6.45) is -2.39. The Morgan fingerprint density at radius 1 is 1.21 bits per heavy atom. The van der Waals surface area contributed by atoms with Crippen molar-refractivity contribution in [3.63, 3.8) is 0 Å². The van der Waals surface area contributed by atoms with E-state index in [-0.39, 0.29) is 0 Å². The molecule has 6 nitrogen and oxygen atoms in total. The second-order valence-electron chi connectivity index (χ2n) is 7.46. The highest BCUT2D eigenvalue weighted by Gasteiger charge is 2.53. The van der Waals surface area contributed by atoms with Crippen LogP contribution >= 0.6 is 0 Å². The summed E-state index contributed by atoms with van der Waals surface area (Å²) in [5, 5.41) is 11.8. The number of alkyl halides is 3. The Labute approximate surface area is 161 Å². The van der Waals surface area contributed by atoms with Gasteiger partial charge in [-0.05, 0) is 37.5 Å². The van der Waals surface area contributed by atoms with Gasteiger partial charge >= 0.3 is 18.2 Å². The molecule has 154 valence electrons. The molecule has 1 aromatic carbocycles. The van der Waals surface area contributed by atoms with Crippen LogP contribution in [0.3, 0.4) is 0 Å². The number of nitrogens with one attached hydrogen (secondary N) is 1. The normalized spacial score (nSPS) is 23.7. The summed E-state index contributed by atoms with van der Waals surface area (Å²) in [5.41, 5.74) is 1.90. The number of halogens is 3. The molecule has 9 heteroatoms. The number of hydrogen-bond acceptors (Lipinski definition) is 3. The number of carboxylic acids is 1. The molecule has 0 saturated carbocycles. The van der Waals surface area contributed by atoms with Crippen LogP contribution in [0.25, 0.3) is 0 Å². The van der Waals surface area contributed by atoms with Crippen LogP contribution in [0.1, 0.15) is 31.4 Å². The van der Waals surface area contributed by atoms with Gasteiger partial charge in [0.2, 0.25) is 0 Å². The third-order valence-electron chi connectivity index (χ3n) is 5.53. The van der Waals surface area contributed by atoms with Gasteiger partial charge in [0, 0.05) is 31.9 Å². The number of anilines is 1. The number of benzene rings is 1. The predicted molar refractivity (Wildman–Crippen MR) is 97.1 cm³/mol. The largest absolute Gasteiger partial charge is 0.481 e.